The third kappa shape index (κ3) is 4.67. The van der Waals surface area contributed by atoms with Crippen molar-refractivity contribution in [1.29, 1.82) is 0 Å². The van der Waals surface area contributed by atoms with Crippen molar-refractivity contribution in [1.82, 2.24) is 4.98 Å². The normalized spacial score (nSPS) is 10.7. The van der Waals surface area contributed by atoms with Gasteiger partial charge in [0.25, 0.3) is 0 Å². The third-order valence-electron chi connectivity index (χ3n) is 3.81. The molecular formula is C20H20N2O3S. The van der Waals surface area contributed by atoms with Crippen LogP contribution in [0, 0.1) is 0 Å². The van der Waals surface area contributed by atoms with Crippen LogP contribution in [0.3, 0.4) is 0 Å². The molecule has 6 heteroatoms. The minimum Gasteiger partial charge on any atom is -0.462 e. The van der Waals surface area contributed by atoms with Gasteiger partial charge in [0.2, 0.25) is 5.91 Å². The highest BCUT2D eigenvalue weighted by Gasteiger charge is 2.12. The Morgan fingerprint density at radius 2 is 1.96 bits per heavy atom. The number of aromatic nitrogens is 1. The number of ether oxygens (including phenoxy) is 1. The van der Waals surface area contributed by atoms with Crippen LogP contribution in [-0.2, 0) is 16.0 Å². The van der Waals surface area contributed by atoms with E-state index in [1.54, 1.807) is 18.2 Å². The highest BCUT2D eigenvalue weighted by molar-refractivity contribution is 7.22. The average molecular weight is 368 g/mol. The summed E-state index contributed by atoms with van der Waals surface area (Å²) in [6.45, 7) is 2.47. The van der Waals surface area contributed by atoms with E-state index in [2.05, 4.69) is 10.3 Å². The summed E-state index contributed by atoms with van der Waals surface area (Å²) < 4.78 is 6.07. The molecule has 0 spiro atoms. The number of nitrogens with zero attached hydrogens (tertiary/aromatic N) is 1. The number of unbranched alkanes of at least 4 members (excludes halogenated alkanes) is 1. The molecule has 0 radical (unpaired) electrons. The monoisotopic (exact) mass is 368 g/mol. The molecule has 0 unspecified atom stereocenters. The van der Waals surface area contributed by atoms with E-state index < -0.39 is 0 Å². The predicted molar refractivity (Wildman–Crippen MR) is 104 cm³/mol. The maximum atomic E-state index is 12.2. The molecule has 134 valence electrons. The second kappa shape index (κ2) is 8.58. The van der Waals surface area contributed by atoms with E-state index in [1.165, 1.54) is 11.3 Å². The topological polar surface area (TPSA) is 68.3 Å². The number of benzene rings is 2. The quantitative estimate of drug-likeness (QED) is 0.495. The van der Waals surface area contributed by atoms with Crippen LogP contribution in [0.15, 0.2) is 48.5 Å². The minimum absolute atomic E-state index is 0.116. The third-order valence-corrected chi connectivity index (χ3v) is 4.74. The first kappa shape index (κ1) is 18.1. The van der Waals surface area contributed by atoms with Gasteiger partial charge in [0, 0.05) is 0 Å². The number of carbonyl (C=O) groups is 2. The SMILES string of the molecule is CCCCOC(=O)c1ccc2nc(NC(=O)Cc3ccccc3)sc2c1. The van der Waals surface area contributed by atoms with Gasteiger partial charge in [0.15, 0.2) is 5.13 Å². The Bertz CT molecular complexity index is 906. The van der Waals surface area contributed by atoms with Gasteiger partial charge >= 0.3 is 5.97 Å². The second-order valence-corrected chi connectivity index (χ2v) is 6.93. The molecule has 0 fully saturated rings. The summed E-state index contributed by atoms with van der Waals surface area (Å²) in [5, 5.41) is 3.35. The Morgan fingerprint density at radius 1 is 1.15 bits per heavy atom. The Hall–Kier alpha value is -2.73. The van der Waals surface area contributed by atoms with E-state index in [0.717, 1.165) is 28.6 Å². The van der Waals surface area contributed by atoms with Crippen LogP contribution in [0.5, 0.6) is 0 Å². The van der Waals surface area contributed by atoms with Gasteiger partial charge in [0.1, 0.15) is 0 Å². The van der Waals surface area contributed by atoms with Crippen molar-refractivity contribution in [2.75, 3.05) is 11.9 Å². The highest BCUT2D eigenvalue weighted by atomic mass is 32.1. The summed E-state index contributed by atoms with van der Waals surface area (Å²) in [5.41, 5.74) is 2.19. The smallest absolute Gasteiger partial charge is 0.338 e. The van der Waals surface area contributed by atoms with Gasteiger partial charge in [-0.15, -0.1) is 0 Å². The largest absolute Gasteiger partial charge is 0.462 e. The number of amides is 1. The van der Waals surface area contributed by atoms with E-state index in [9.17, 15) is 9.59 Å². The van der Waals surface area contributed by atoms with Gasteiger partial charge in [-0.1, -0.05) is 55.0 Å². The van der Waals surface area contributed by atoms with Gasteiger partial charge in [0.05, 0.1) is 28.8 Å². The summed E-state index contributed by atoms with van der Waals surface area (Å²) in [5.74, 6) is -0.446. The number of nitrogens with one attached hydrogen (secondary N) is 1. The zero-order chi connectivity index (χ0) is 18.4. The molecule has 0 saturated heterocycles. The van der Waals surface area contributed by atoms with Crippen molar-refractivity contribution in [3.8, 4) is 0 Å². The molecule has 0 aliphatic carbocycles. The van der Waals surface area contributed by atoms with Crippen LogP contribution < -0.4 is 5.32 Å². The Balaban J connectivity index is 1.67. The molecule has 1 aromatic heterocycles. The molecule has 1 heterocycles. The van der Waals surface area contributed by atoms with Crippen molar-refractivity contribution < 1.29 is 14.3 Å². The number of hydrogen-bond donors (Lipinski definition) is 1. The number of thiazole rings is 1. The van der Waals surface area contributed by atoms with Crippen LogP contribution in [-0.4, -0.2) is 23.5 Å². The molecule has 0 aliphatic rings. The fourth-order valence-corrected chi connectivity index (χ4v) is 3.36. The molecule has 26 heavy (non-hydrogen) atoms. The van der Waals surface area contributed by atoms with E-state index in [4.69, 9.17) is 4.74 Å². The summed E-state index contributed by atoms with van der Waals surface area (Å²) in [4.78, 5) is 28.6. The fourth-order valence-electron chi connectivity index (χ4n) is 2.44. The van der Waals surface area contributed by atoms with Gasteiger partial charge in [-0.25, -0.2) is 9.78 Å². The molecule has 0 bridgehead atoms. The molecule has 0 atom stereocenters. The molecule has 1 N–H and O–H groups in total. The van der Waals surface area contributed by atoms with Gasteiger partial charge < -0.3 is 10.1 Å². The molecule has 1 amide bonds. The maximum absolute atomic E-state index is 12.2. The zero-order valence-corrected chi connectivity index (χ0v) is 15.3. The number of anilines is 1. The van der Waals surface area contributed by atoms with Crippen molar-refractivity contribution >= 4 is 38.6 Å². The Morgan fingerprint density at radius 3 is 2.73 bits per heavy atom. The van der Waals surface area contributed by atoms with Crippen LogP contribution in [0.4, 0.5) is 5.13 Å². The molecule has 0 aliphatic heterocycles. The standard InChI is InChI=1S/C20H20N2O3S/c1-2-3-11-25-19(24)15-9-10-16-17(13-15)26-20(21-16)22-18(23)12-14-7-5-4-6-8-14/h4-10,13H,2-3,11-12H2,1H3,(H,21,22,23). The van der Waals surface area contributed by atoms with Crippen LogP contribution in [0.1, 0.15) is 35.7 Å². The predicted octanol–water partition coefficient (Wildman–Crippen LogP) is 4.43. The lowest BCUT2D eigenvalue weighted by atomic mass is 10.1. The molecule has 3 aromatic rings. The lowest BCUT2D eigenvalue weighted by Crippen LogP contribution is -2.13. The summed E-state index contributed by atoms with van der Waals surface area (Å²) in [7, 11) is 0. The summed E-state index contributed by atoms with van der Waals surface area (Å²) >= 11 is 1.35. The zero-order valence-electron chi connectivity index (χ0n) is 14.5. The van der Waals surface area contributed by atoms with Crippen molar-refractivity contribution in [3.05, 3.63) is 59.7 Å². The van der Waals surface area contributed by atoms with Crippen molar-refractivity contribution in [2.24, 2.45) is 0 Å². The number of carbonyl (C=O) groups excluding carboxylic acids is 2. The Kier molecular flexibility index (Phi) is 5.96. The Labute approximate surface area is 156 Å². The molecule has 0 saturated carbocycles. The lowest BCUT2D eigenvalue weighted by molar-refractivity contribution is -0.115. The van der Waals surface area contributed by atoms with Crippen LogP contribution in [0.2, 0.25) is 0 Å². The summed E-state index contributed by atoms with van der Waals surface area (Å²) in [6, 6.07) is 14.8. The summed E-state index contributed by atoms with van der Waals surface area (Å²) in [6.07, 6.45) is 2.13. The number of rotatable bonds is 7. The first-order chi connectivity index (χ1) is 12.7. The van der Waals surface area contributed by atoms with E-state index in [0.29, 0.717) is 23.7 Å². The molecule has 2 aromatic carbocycles. The van der Waals surface area contributed by atoms with Gasteiger partial charge in [-0.05, 0) is 30.2 Å². The minimum atomic E-state index is -0.330. The number of esters is 1. The lowest BCUT2D eigenvalue weighted by Gasteiger charge is -2.03. The first-order valence-electron chi connectivity index (χ1n) is 8.57. The van der Waals surface area contributed by atoms with Crippen LogP contribution >= 0.6 is 11.3 Å². The number of fused-ring (bicyclic) bond motifs is 1. The maximum Gasteiger partial charge on any atom is 0.338 e. The molecular weight excluding hydrogens is 348 g/mol. The average Bonchev–Trinajstić information content (AvgIpc) is 3.03. The number of hydrogen-bond acceptors (Lipinski definition) is 5. The van der Waals surface area contributed by atoms with Gasteiger partial charge in [-0.3, -0.25) is 4.79 Å². The second-order valence-electron chi connectivity index (χ2n) is 5.90. The van der Waals surface area contributed by atoms with E-state index >= 15 is 0 Å². The fraction of sp³-hybridized carbons (Fsp3) is 0.250. The first-order valence-corrected chi connectivity index (χ1v) is 9.39. The van der Waals surface area contributed by atoms with Gasteiger partial charge in [-0.2, -0.15) is 0 Å². The highest BCUT2D eigenvalue weighted by Crippen LogP contribution is 2.27. The van der Waals surface area contributed by atoms with Crippen molar-refractivity contribution in [3.63, 3.8) is 0 Å². The van der Waals surface area contributed by atoms with E-state index in [1.807, 2.05) is 37.3 Å². The van der Waals surface area contributed by atoms with E-state index in [-0.39, 0.29) is 11.9 Å². The molecule has 3 rings (SSSR count). The van der Waals surface area contributed by atoms with Crippen LogP contribution in [0.25, 0.3) is 10.2 Å². The molecule has 5 nitrogen and oxygen atoms in total. The van der Waals surface area contributed by atoms with Crippen molar-refractivity contribution in [2.45, 2.75) is 26.2 Å².